The zero-order valence-corrected chi connectivity index (χ0v) is 20.9. The number of pyridine rings is 1. The van der Waals surface area contributed by atoms with E-state index in [-0.39, 0.29) is 5.91 Å². The molecular formula is C29H41N3O2. The van der Waals surface area contributed by atoms with E-state index in [4.69, 9.17) is 4.74 Å². The molecule has 1 aliphatic carbocycles. The third-order valence-corrected chi connectivity index (χ3v) is 7.29. The fraction of sp³-hybridized carbons (Fsp3) is 0.586. The van der Waals surface area contributed by atoms with Gasteiger partial charge in [0.05, 0.1) is 13.0 Å². The Balaban J connectivity index is 1.34. The molecule has 1 amide bonds. The number of hydrogen-bond acceptors (Lipinski definition) is 4. The highest BCUT2D eigenvalue weighted by Crippen LogP contribution is 2.30. The third-order valence-electron chi connectivity index (χ3n) is 7.29. The molecule has 2 aromatic rings. The Morgan fingerprint density at radius 3 is 2.65 bits per heavy atom. The first kappa shape index (κ1) is 24.7. The van der Waals surface area contributed by atoms with Gasteiger partial charge in [0.1, 0.15) is 5.75 Å². The Morgan fingerprint density at radius 2 is 1.91 bits per heavy atom. The van der Waals surface area contributed by atoms with Gasteiger partial charge in [0.15, 0.2) is 0 Å². The van der Waals surface area contributed by atoms with E-state index in [2.05, 4.69) is 33.4 Å². The standard InChI is InChI=1S/C29H41N3O2/c1-2-34-27-14-15-28(25(19-27)22-32-17-6-3-7-18-32)24-12-13-26(31-21-24)20-29(33)30-16-8-11-23-9-4-5-10-23/h12-15,19,21,23H,2-11,16-18,20,22H2,1H3,(H,30,33). The van der Waals surface area contributed by atoms with Gasteiger partial charge >= 0.3 is 0 Å². The van der Waals surface area contributed by atoms with Gasteiger partial charge in [-0.25, -0.2) is 0 Å². The van der Waals surface area contributed by atoms with Gasteiger partial charge in [-0.3, -0.25) is 14.7 Å². The van der Waals surface area contributed by atoms with Crippen molar-refractivity contribution in [2.45, 2.75) is 77.7 Å². The molecule has 2 aliphatic rings. The van der Waals surface area contributed by atoms with E-state index in [0.29, 0.717) is 13.0 Å². The summed E-state index contributed by atoms with van der Waals surface area (Å²) in [6.07, 6.45) is 14.0. The Labute approximate surface area is 205 Å². The van der Waals surface area contributed by atoms with Crippen molar-refractivity contribution < 1.29 is 9.53 Å². The van der Waals surface area contributed by atoms with Crippen molar-refractivity contribution in [1.29, 1.82) is 0 Å². The molecule has 184 valence electrons. The van der Waals surface area contributed by atoms with Crippen LogP contribution >= 0.6 is 0 Å². The van der Waals surface area contributed by atoms with Gasteiger partial charge in [0.2, 0.25) is 5.91 Å². The minimum atomic E-state index is 0.0681. The van der Waals surface area contributed by atoms with Gasteiger partial charge in [-0.15, -0.1) is 0 Å². The smallest absolute Gasteiger partial charge is 0.226 e. The summed E-state index contributed by atoms with van der Waals surface area (Å²) in [5, 5.41) is 3.08. The molecule has 0 bridgehead atoms. The number of hydrogen-bond donors (Lipinski definition) is 1. The summed E-state index contributed by atoms with van der Waals surface area (Å²) in [5.74, 6) is 1.87. The molecule has 0 unspecified atom stereocenters. The summed E-state index contributed by atoms with van der Waals surface area (Å²) < 4.78 is 5.78. The Morgan fingerprint density at radius 1 is 1.09 bits per heavy atom. The van der Waals surface area contributed by atoms with E-state index in [9.17, 15) is 4.79 Å². The van der Waals surface area contributed by atoms with Gasteiger partial charge in [-0.05, 0) is 80.9 Å². The summed E-state index contributed by atoms with van der Waals surface area (Å²) >= 11 is 0. The fourth-order valence-electron chi connectivity index (χ4n) is 5.43. The SMILES string of the molecule is CCOc1ccc(-c2ccc(CC(=O)NCCCC3CCCC3)nc2)c(CN2CCCCC2)c1. The summed E-state index contributed by atoms with van der Waals surface area (Å²) in [7, 11) is 0. The fourth-order valence-corrected chi connectivity index (χ4v) is 5.43. The van der Waals surface area contributed by atoms with Crippen LogP contribution in [0.15, 0.2) is 36.5 Å². The number of likely N-dealkylation sites (tertiary alicyclic amines) is 1. The minimum Gasteiger partial charge on any atom is -0.494 e. The first-order chi connectivity index (χ1) is 16.7. The molecule has 1 aliphatic heterocycles. The predicted octanol–water partition coefficient (Wildman–Crippen LogP) is 5.76. The van der Waals surface area contributed by atoms with Gasteiger partial charge in [0, 0.05) is 30.5 Å². The first-order valence-corrected chi connectivity index (χ1v) is 13.4. The molecule has 1 saturated carbocycles. The van der Waals surface area contributed by atoms with E-state index in [1.54, 1.807) is 0 Å². The number of nitrogens with zero attached hydrogens (tertiary/aromatic N) is 2. The number of aromatic nitrogens is 1. The maximum absolute atomic E-state index is 12.4. The molecule has 0 atom stereocenters. The highest BCUT2D eigenvalue weighted by atomic mass is 16.5. The van der Waals surface area contributed by atoms with Crippen molar-refractivity contribution in [2.75, 3.05) is 26.2 Å². The first-order valence-electron chi connectivity index (χ1n) is 13.4. The maximum Gasteiger partial charge on any atom is 0.226 e. The van der Waals surface area contributed by atoms with Crippen molar-refractivity contribution in [3.05, 3.63) is 47.8 Å². The second-order valence-electron chi connectivity index (χ2n) is 9.95. The molecule has 0 radical (unpaired) electrons. The lowest BCUT2D eigenvalue weighted by Gasteiger charge is -2.27. The maximum atomic E-state index is 12.4. The summed E-state index contributed by atoms with van der Waals surface area (Å²) in [6.45, 7) is 6.71. The van der Waals surface area contributed by atoms with Crippen LogP contribution in [-0.2, 0) is 17.8 Å². The van der Waals surface area contributed by atoms with Crippen molar-refractivity contribution in [2.24, 2.45) is 5.92 Å². The van der Waals surface area contributed by atoms with Crippen LogP contribution in [0.4, 0.5) is 0 Å². The molecule has 1 aromatic carbocycles. The number of carbonyl (C=O) groups excluding carboxylic acids is 1. The van der Waals surface area contributed by atoms with Crippen LogP contribution in [-0.4, -0.2) is 42.0 Å². The highest BCUT2D eigenvalue weighted by molar-refractivity contribution is 5.78. The van der Waals surface area contributed by atoms with Crippen LogP contribution in [0.3, 0.4) is 0 Å². The Kier molecular flexibility index (Phi) is 9.37. The lowest BCUT2D eigenvalue weighted by Crippen LogP contribution is -2.29. The Bertz CT molecular complexity index is 900. The number of ether oxygens (including phenoxy) is 1. The third kappa shape index (κ3) is 7.30. The molecule has 0 spiro atoms. The highest BCUT2D eigenvalue weighted by Gasteiger charge is 2.16. The number of benzene rings is 1. The second kappa shape index (κ2) is 12.9. The van der Waals surface area contributed by atoms with Gasteiger partial charge in [-0.2, -0.15) is 0 Å². The van der Waals surface area contributed by atoms with E-state index < -0.39 is 0 Å². The Hall–Kier alpha value is -2.40. The van der Waals surface area contributed by atoms with Gasteiger partial charge < -0.3 is 10.1 Å². The van der Waals surface area contributed by atoms with Crippen LogP contribution < -0.4 is 10.1 Å². The monoisotopic (exact) mass is 463 g/mol. The van der Waals surface area contributed by atoms with Crippen molar-refractivity contribution in [3.8, 4) is 16.9 Å². The second-order valence-corrected chi connectivity index (χ2v) is 9.95. The summed E-state index contributed by atoms with van der Waals surface area (Å²) in [5.41, 5.74) is 4.39. The average Bonchev–Trinajstić information content (AvgIpc) is 3.37. The summed E-state index contributed by atoms with van der Waals surface area (Å²) in [4.78, 5) is 19.5. The number of piperidine rings is 1. The van der Waals surface area contributed by atoms with Crippen LogP contribution in [0.25, 0.3) is 11.1 Å². The van der Waals surface area contributed by atoms with Crippen molar-refractivity contribution >= 4 is 5.91 Å². The van der Waals surface area contributed by atoms with E-state index in [1.807, 2.05) is 25.3 Å². The summed E-state index contributed by atoms with van der Waals surface area (Å²) in [6, 6.07) is 10.5. The predicted molar refractivity (Wildman–Crippen MR) is 138 cm³/mol. The van der Waals surface area contributed by atoms with E-state index in [0.717, 1.165) is 55.5 Å². The largest absolute Gasteiger partial charge is 0.494 e. The van der Waals surface area contributed by atoms with Crippen LogP contribution in [0.5, 0.6) is 5.75 Å². The molecule has 5 heteroatoms. The molecule has 1 aromatic heterocycles. The van der Waals surface area contributed by atoms with Gasteiger partial charge in [0.25, 0.3) is 0 Å². The lowest BCUT2D eigenvalue weighted by molar-refractivity contribution is -0.120. The molecule has 1 N–H and O–H groups in total. The average molecular weight is 464 g/mol. The van der Waals surface area contributed by atoms with Crippen LogP contribution in [0.1, 0.15) is 76.0 Å². The van der Waals surface area contributed by atoms with Crippen molar-refractivity contribution in [1.82, 2.24) is 15.2 Å². The molecule has 34 heavy (non-hydrogen) atoms. The molecule has 4 rings (SSSR count). The molecule has 2 fully saturated rings. The molecule has 2 heterocycles. The van der Waals surface area contributed by atoms with Gasteiger partial charge in [-0.1, -0.05) is 44.2 Å². The normalized spacial score (nSPS) is 17.1. The molecule has 5 nitrogen and oxygen atoms in total. The lowest BCUT2D eigenvalue weighted by atomic mass is 9.99. The number of nitrogens with one attached hydrogen (secondary N) is 1. The minimum absolute atomic E-state index is 0.0681. The van der Waals surface area contributed by atoms with Crippen molar-refractivity contribution in [3.63, 3.8) is 0 Å². The molecule has 1 saturated heterocycles. The zero-order chi connectivity index (χ0) is 23.6. The number of carbonyl (C=O) groups is 1. The number of amides is 1. The van der Waals surface area contributed by atoms with Crippen LogP contribution in [0, 0.1) is 5.92 Å². The molecular weight excluding hydrogens is 422 g/mol. The van der Waals surface area contributed by atoms with E-state index >= 15 is 0 Å². The topological polar surface area (TPSA) is 54.5 Å². The zero-order valence-electron chi connectivity index (χ0n) is 20.9. The number of rotatable bonds is 11. The van der Waals surface area contributed by atoms with Crippen LogP contribution in [0.2, 0.25) is 0 Å². The van der Waals surface area contributed by atoms with E-state index in [1.165, 1.54) is 62.5 Å². The quantitative estimate of drug-likeness (QED) is 0.430.